The lowest BCUT2D eigenvalue weighted by Gasteiger charge is -2.04. The Labute approximate surface area is 127 Å². The summed E-state index contributed by atoms with van der Waals surface area (Å²) in [6.07, 6.45) is 0. The molecule has 0 unspecified atom stereocenters. The second-order valence-corrected chi connectivity index (χ2v) is 4.72. The van der Waals surface area contributed by atoms with Gasteiger partial charge in [-0.2, -0.15) is 0 Å². The van der Waals surface area contributed by atoms with Crippen LogP contribution in [0, 0.1) is 23.3 Å². The van der Waals surface area contributed by atoms with Gasteiger partial charge in [0.2, 0.25) is 0 Å². The van der Waals surface area contributed by atoms with E-state index < -0.39 is 35.4 Å². The van der Waals surface area contributed by atoms with Crippen molar-refractivity contribution in [2.45, 2.75) is 6.61 Å². The molecule has 0 aliphatic heterocycles. The van der Waals surface area contributed by atoms with Gasteiger partial charge in [0.1, 0.15) is 29.0 Å². The van der Waals surface area contributed by atoms with E-state index in [1.54, 1.807) is 0 Å². The van der Waals surface area contributed by atoms with E-state index >= 15 is 0 Å². The molecule has 0 radical (unpaired) electrons. The molecule has 3 aromatic rings. The summed E-state index contributed by atoms with van der Waals surface area (Å²) >= 11 is 0. The molecule has 1 heterocycles. The second kappa shape index (κ2) is 5.85. The molecule has 3 nitrogen and oxygen atoms in total. The molecular formula is C16H9F4NO2. The Morgan fingerprint density at radius 2 is 1.65 bits per heavy atom. The minimum atomic E-state index is -0.929. The van der Waals surface area contributed by atoms with Gasteiger partial charge >= 0.3 is 0 Å². The number of rotatable bonds is 3. The van der Waals surface area contributed by atoms with E-state index in [4.69, 9.17) is 4.52 Å². The number of benzene rings is 2. The molecule has 0 bridgehead atoms. The predicted octanol–water partition coefficient (Wildman–Crippen LogP) is 4.06. The Morgan fingerprint density at radius 1 is 0.957 bits per heavy atom. The minimum absolute atomic E-state index is 0.140. The van der Waals surface area contributed by atoms with E-state index in [1.807, 2.05) is 0 Å². The monoisotopic (exact) mass is 323 g/mol. The van der Waals surface area contributed by atoms with Gasteiger partial charge in [-0.25, -0.2) is 17.6 Å². The third-order valence-corrected chi connectivity index (χ3v) is 3.32. The normalized spacial score (nSPS) is 11.0. The first-order valence-electron chi connectivity index (χ1n) is 6.52. The van der Waals surface area contributed by atoms with Crippen molar-refractivity contribution in [3.63, 3.8) is 0 Å². The van der Waals surface area contributed by atoms with Gasteiger partial charge in [-0.3, -0.25) is 0 Å². The van der Waals surface area contributed by atoms with E-state index in [9.17, 15) is 22.7 Å². The molecule has 0 aliphatic rings. The number of aliphatic hydroxyl groups is 1. The van der Waals surface area contributed by atoms with Gasteiger partial charge in [-0.1, -0.05) is 11.2 Å². The highest BCUT2D eigenvalue weighted by atomic mass is 19.1. The third-order valence-electron chi connectivity index (χ3n) is 3.32. The molecular weight excluding hydrogens is 314 g/mol. The Hall–Kier alpha value is -2.67. The number of halogens is 4. The van der Waals surface area contributed by atoms with Crippen molar-refractivity contribution in [1.82, 2.24) is 5.16 Å². The third kappa shape index (κ3) is 2.59. The molecule has 23 heavy (non-hydrogen) atoms. The summed E-state index contributed by atoms with van der Waals surface area (Å²) in [5.41, 5.74) is -1.17. The van der Waals surface area contributed by atoms with Crippen molar-refractivity contribution in [2.24, 2.45) is 0 Å². The Bertz CT molecular complexity index is 856. The number of nitrogens with zero attached hydrogens (tertiary/aromatic N) is 1. The van der Waals surface area contributed by atoms with Crippen molar-refractivity contribution in [1.29, 1.82) is 0 Å². The van der Waals surface area contributed by atoms with Crippen LogP contribution in [0.3, 0.4) is 0 Å². The molecule has 118 valence electrons. The van der Waals surface area contributed by atoms with Crippen LogP contribution in [-0.2, 0) is 6.61 Å². The van der Waals surface area contributed by atoms with Crippen LogP contribution >= 0.6 is 0 Å². The number of hydrogen-bond acceptors (Lipinski definition) is 3. The van der Waals surface area contributed by atoms with Gasteiger partial charge < -0.3 is 9.63 Å². The zero-order chi connectivity index (χ0) is 16.6. The fourth-order valence-corrected chi connectivity index (χ4v) is 2.26. The van der Waals surface area contributed by atoms with Crippen LogP contribution in [0.5, 0.6) is 0 Å². The largest absolute Gasteiger partial charge is 0.391 e. The lowest BCUT2D eigenvalue weighted by molar-refractivity contribution is 0.281. The molecule has 0 fully saturated rings. The zero-order valence-electron chi connectivity index (χ0n) is 11.5. The van der Waals surface area contributed by atoms with E-state index in [1.165, 1.54) is 0 Å². The lowest BCUT2D eigenvalue weighted by Crippen LogP contribution is -1.95. The van der Waals surface area contributed by atoms with E-state index in [0.29, 0.717) is 0 Å². The van der Waals surface area contributed by atoms with Crippen molar-refractivity contribution in [3.05, 3.63) is 65.2 Å². The quantitative estimate of drug-likeness (QED) is 0.740. The van der Waals surface area contributed by atoms with Crippen LogP contribution in [0.25, 0.3) is 22.6 Å². The van der Waals surface area contributed by atoms with E-state index in [2.05, 4.69) is 5.16 Å². The maximum absolute atomic E-state index is 13.9. The van der Waals surface area contributed by atoms with Gasteiger partial charge in [0, 0.05) is 5.56 Å². The first-order valence-corrected chi connectivity index (χ1v) is 6.52. The van der Waals surface area contributed by atoms with Crippen LogP contribution in [0.2, 0.25) is 0 Å². The molecule has 0 amide bonds. The first-order chi connectivity index (χ1) is 11.0. The molecule has 1 N–H and O–H groups in total. The van der Waals surface area contributed by atoms with Crippen LogP contribution < -0.4 is 0 Å². The van der Waals surface area contributed by atoms with Crippen LogP contribution in [0.1, 0.15) is 5.56 Å². The van der Waals surface area contributed by atoms with Crippen LogP contribution in [-0.4, -0.2) is 10.3 Å². The number of aliphatic hydroxyl groups excluding tert-OH is 1. The Morgan fingerprint density at radius 3 is 2.30 bits per heavy atom. The maximum atomic E-state index is 13.9. The number of aromatic nitrogens is 1. The fraction of sp³-hybridized carbons (Fsp3) is 0.0625. The minimum Gasteiger partial charge on any atom is -0.391 e. The average molecular weight is 323 g/mol. The van der Waals surface area contributed by atoms with Gasteiger partial charge in [0.05, 0.1) is 17.7 Å². The standard InChI is InChI=1S/C16H9F4NO2/c17-8-4-5-11(18)9(6-8)15-10(7-22)16(23-21-15)14-12(19)2-1-3-13(14)20/h1-6,22H,7H2. The van der Waals surface area contributed by atoms with Crippen molar-refractivity contribution in [2.75, 3.05) is 0 Å². The Balaban J connectivity index is 2.24. The molecule has 2 aromatic carbocycles. The molecule has 0 spiro atoms. The summed E-state index contributed by atoms with van der Waals surface area (Å²) in [4.78, 5) is 0. The van der Waals surface area contributed by atoms with Gasteiger partial charge in [0.25, 0.3) is 0 Å². The fourth-order valence-electron chi connectivity index (χ4n) is 2.26. The topological polar surface area (TPSA) is 46.3 Å². The lowest BCUT2D eigenvalue weighted by atomic mass is 10.0. The van der Waals surface area contributed by atoms with Crippen molar-refractivity contribution < 1.29 is 27.2 Å². The average Bonchev–Trinajstić information content (AvgIpc) is 2.93. The summed E-state index contributed by atoms with van der Waals surface area (Å²) < 4.78 is 59.8. The smallest absolute Gasteiger partial charge is 0.178 e. The summed E-state index contributed by atoms with van der Waals surface area (Å²) in [6, 6.07) is 5.82. The van der Waals surface area contributed by atoms with Crippen molar-refractivity contribution in [3.8, 4) is 22.6 Å². The second-order valence-electron chi connectivity index (χ2n) is 4.72. The van der Waals surface area contributed by atoms with Gasteiger partial charge in [-0.05, 0) is 30.3 Å². The highest BCUT2D eigenvalue weighted by Gasteiger charge is 2.25. The summed E-state index contributed by atoms with van der Waals surface area (Å²) in [5.74, 6) is -3.77. The molecule has 7 heteroatoms. The highest BCUT2D eigenvalue weighted by Crippen LogP contribution is 2.36. The summed E-state index contributed by atoms with van der Waals surface area (Å²) in [6.45, 7) is -0.724. The Kier molecular flexibility index (Phi) is 3.87. The molecule has 0 saturated heterocycles. The maximum Gasteiger partial charge on any atom is 0.178 e. The van der Waals surface area contributed by atoms with E-state index in [0.717, 1.165) is 36.4 Å². The highest BCUT2D eigenvalue weighted by molar-refractivity contribution is 5.73. The van der Waals surface area contributed by atoms with Crippen LogP contribution in [0.4, 0.5) is 17.6 Å². The molecule has 3 rings (SSSR count). The molecule has 0 saturated carbocycles. The first kappa shape index (κ1) is 15.2. The zero-order valence-corrected chi connectivity index (χ0v) is 11.5. The summed E-state index contributed by atoms with van der Waals surface area (Å²) in [7, 11) is 0. The van der Waals surface area contributed by atoms with Crippen LogP contribution in [0.15, 0.2) is 40.9 Å². The van der Waals surface area contributed by atoms with Crippen molar-refractivity contribution >= 4 is 0 Å². The van der Waals surface area contributed by atoms with Gasteiger partial charge in [0.15, 0.2) is 5.76 Å². The molecule has 0 atom stereocenters. The molecule has 0 aliphatic carbocycles. The number of hydrogen-bond donors (Lipinski definition) is 1. The van der Waals surface area contributed by atoms with E-state index in [-0.39, 0.29) is 22.6 Å². The SMILES string of the molecule is OCc1c(-c2cc(F)ccc2F)noc1-c1c(F)cccc1F. The van der Waals surface area contributed by atoms with Gasteiger partial charge in [-0.15, -0.1) is 0 Å². The molecule has 1 aromatic heterocycles. The summed E-state index contributed by atoms with van der Waals surface area (Å²) in [5, 5.41) is 13.0. The predicted molar refractivity (Wildman–Crippen MR) is 73.1 cm³/mol.